The minimum absolute atomic E-state index is 0.0695. The van der Waals surface area contributed by atoms with Gasteiger partial charge in [0.15, 0.2) is 0 Å². The molecule has 1 aromatic carbocycles. The van der Waals surface area contributed by atoms with Crippen LogP contribution in [-0.2, 0) is 4.74 Å². The molecule has 1 rings (SSSR count). The number of hydrogen-bond acceptors (Lipinski definition) is 4. The molecule has 1 N–H and O–H groups in total. The summed E-state index contributed by atoms with van der Waals surface area (Å²) in [5, 5.41) is 13.7. The number of ether oxygens (including phenoxy) is 1. The molecule has 0 aliphatic rings. The molecule has 0 amide bonds. The fraction of sp³-hybridized carbons (Fsp3) is 0.500. The van der Waals surface area contributed by atoms with Crippen molar-refractivity contribution in [3.8, 4) is 0 Å². The lowest BCUT2D eigenvalue weighted by molar-refractivity contribution is -0.384. The molecule has 18 heavy (non-hydrogen) atoms. The minimum Gasteiger partial charge on any atom is -0.377 e. The van der Waals surface area contributed by atoms with Crippen molar-refractivity contribution < 1.29 is 14.1 Å². The first-order valence-corrected chi connectivity index (χ1v) is 5.75. The number of nitro benzene ring substituents is 1. The smallest absolute Gasteiger partial charge is 0.295 e. The molecule has 100 valence electrons. The zero-order chi connectivity index (χ0) is 13.7. The van der Waals surface area contributed by atoms with Gasteiger partial charge in [-0.2, -0.15) is 0 Å². The Hall–Kier alpha value is -1.69. The van der Waals surface area contributed by atoms with E-state index in [-0.39, 0.29) is 11.8 Å². The Balaban J connectivity index is 2.86. The molecule has 0 spiro atoms. The normalized spacial score (nSPS) is 12.2. The number of nitrogens with one attached hydrogen (secondary N) is 1. The van der Waals surface area contributed by atoms with E-state index in [2.05, 4.69) is 5.32 Å². The van der Waals surface area contributed by atoms with Crippen LogP contribution in [0.15, 0.2) is 12.1 Å². The van der Waals surface area contributed by atoms with Gasteiger partial charge in [-0.15, -0.1) is 0 Å². The quantitative estimate of drug-likeness (QED) is 0.628. The Bertz CT molecular complexity index is 438. The van der Waals surface area contributed by atoms with E-state index in [9.17, 15) is 14.5 Å². The molecule has 6 heteroatoms. The zero-order valence-electron chi connectivity index (χ0n) is 10.7. The highest BCUT2D eigenvalue weighted by Gasteiger charge is 2.17. The molecule has 5 nitrogen and oxygen atoms in total. The lowest BCUT2D eigenvalue weighted by Crippen LogP contribution is -2.20. The molecule has 1 aromatic rings. The largest absolute Gasteiger partial charge is 0.377 e. The van der Waals surface area contributed by atoms with E-state index in [1.807, 2.05) is 13.8 Å². The molecule has 0 bridgehead atoms. The van der Waals surface area contributed by atoms with Gasteiger partial charge >= 0.3 is 0 Å². The van der Waals surface area contributed by atoms with Crippen LogP contribution in [0.4, 0.5) is 15.8 Å². The second kappa shape index (κ2) is 6.30. The molecule has 0 saturated carbocycles. The molecule has 0 aromatic heterocycles. The molecule has 0 radical (unpaired) electrons. The van der Waals surface area contributed by atoms with Gasteiger partial charge in [-0.3, -0.25) is 10.1 Å². The lowest BCUT2D eigenvalue weighted by atomic mass is 10.1. The minimum atomic E-state index is -0.601. The molecular weight excluding hydrogens is 239 g/mol. The summed E-state index contributed by atoms with van der Waals surface area (Å²) in [7, 11) is 0. The SMILES string of the molecule is CCOC(C)CNc1cc(C)c(F)cc1[N+](=O)[O-]. The third-order valence-corrected chi connectivity index (χ3v) is 2.50. The van der Waals surface area contributed by atoms with E-state index >= 15 is 0 Å². The Morgan fingerprint density at radius 1 is 1.56 bits per heavy atom. The van der Waals surface area contributed by atoms with E-state index in [1.54, 1.807) is 6.92 Å². The summed E-state index contributed by atoms with van der Waals surface area (Å²) >= 11 is 0. The van der Waals surface area contributed by atoms with E-state index in [0.29, 0.717) is 24.4 Å². The third-order valence-electron chi connectivity index (χ3n) is 2.50. The van der Waals surface area contributed by atoms with Crippen LogP contribution < -0.4 is 5.32 Å². The summed E-state index contributed by atoms with van der Waals surface area (Å²) in [6.45, 7) is 6.31. The monoisotopic (exact) mass is 256 g/mol. The molecule has 0 saturated heterocycles. The van der Waals surface area contributed by atoms with Crippen LogP contribution >= 0.6 is 0 Å². The third kappa shape index (κ3) is 3.66. The van der Waals surface area contributed by atoms with Crippen LogP contribution in [0.25, 0.3) is 0 Å². The number of anilines is 1. The summed E-state index contributed by atoms with van der Waals surface area (Å²) < 4.78 is 18.6. The number of benzene rings is 1. The highest BCUT2D eigenvalue weighted by Crippen LogP contribution is 2.27. The van der Waals surface area contributed by atoms with E-state index in [1.165, 1.54) is 6.07 Å². The molecular formula is C12H17FN2O3. The molecule has 0 aliphatic carbocycles. The highest BCUT2D eigenvalue weighted by molar-refractivity contribution is 5.63. The van der Waals surface area contributed by atoms with Gasteiger partial charge in [-0.25, -0.2) is 4.39 Å². The number of hydrogen-bond donors (Lipinski definition) is 1. The van der Waals surface area contributed by atoms with Crippen LogP contribution in [0.3, 0.4) is 0 Å². The van der Waals surface area contributed by atoms with Crippen molar-refractivity contribution in [1.29, 1.82) is 0 Å². The zero-order valence-corrected chi connectivity index (χ0v) is 10.7. The average Bonchev–Trinajstić information content (AvgIpc) is 2.30. The van der Waals surface area contributed by atoms with Gasteiger partial charge in [0, 0.05) is 13.2 Å². The standard InChI is InChI=1S/C12H17FN2O3/c1-4-18-9(3)7-14-11-5-8(2)10(13)6-12(11)15(16)17/h5-6,9,14H,4,7H2,1-3H3. The van der Waals surface area contributed by atoms with Crippen molar-refractivity contribution in [3.05, 3.63) is 33.6 Å². The predicted molar refractivity (Wildman–Crippen MR) is 67.4 cm³/mol. The Kier molecular flexibility index (Phi) is 5.03. The predicted octanol–water partition coefficient (Wildman–Crippen LogP) is 2.88. The van der Waals surface area contributed by atoms with Crippen molar-refractivity contribution in [2.45, 2.75) is 26.9 Å². The summed E-state index contributed by atoms with van der Waals surface area (Å²) in [6.07, 6.45) is -0.0695. The van der Waals surface area contributed by atoms with Crippen molar-refractivity contribution in [3.63, 3.8) is 0 Å². The topological polar surface area (TPSA) is 64.4 Å². The highest BCUT2D eigenvalue weighted by atomic mass is 19.1. The van der Waals surface area contributed by atoms with E-state index < -0.39 is 10.7 Å². The van der Waals surface area contributed by atoms with Gasteiger partial charge in [0.25, 0.3) is 5.69 Å². The van der Waals surface area contributed by atoms with Crippen molar-refractivity contribution >= 4 is 11.4 Å². The van der Waals surface area contributed by atoms with Crippen LogP contribution in [0.5, 0.6) is 0 Å². The summed E-state index contributed by atoms with van der Waals surface area (Å²) in [6, 6.07) is 2.37. The second-order valence-electron chi connectivity index (χ2n) is 4.02. The van der Waals surface area contributed by atoms with E-state index in [4.69, 9.17) is 4.74 Å². The number of nitrogens with zero attached hydrogens (tertiary/aromatic N) is 1. The molecule has 1 atom stereocenters. The van der Waals surface area contributed by atoms with Crippen molar-refractivity contribution in [2.75, 3.05) is 18.5 Å². The molecule has 0 fully saturated rings. The maximum absolute atomic E-state index is 13.3. The first-order chi connectivity index (χ1) is 8.45. The lowest BCUT2D eigenvalue weighted by Gasteiger charge is -2.14. The molecule has 0 heterocycles. The Labute approximate surface area is 105 Å². The average molecular weight is 256 g/mol. The summed E-state index contributed by atoms with van der Waals surface area (Å²) in [4.78, 5) is 10.2. The number of halogens is 1. The van der Waals surface area contributed by atoms with Crippen LogP contribution in [0.1, 0.15) is 19.4 Å². The summed E-state index contributed by atoms with van der Waals surface area (Å²) in [5.74, 6) is -0.579. The van der Waals surface area contributed by atoms with Crippen molar-refractivity contribution in [2.24, 2.45) is 0 Å². The molecule has 0 aliphatic heterocycles. The van der Waals surface area contributed by atoms with Crippen molar-refractivity contribution in [1.82, 2.24) is 0 Å². The maximum Gasteiger partial charge on any atom is 0.295 e. The summed E-state index contributed by atoms with van der Waals surface area (Å²) in [5.41, 5.74) is 0.416. The van der Waals surface area contributed by atoms with Crippen LogP contribution in [-0.4, -0.2) is 24.2 Å². The Morgan fingerprint density at radius 2 is 2.22 bits per heavy atom. The fourth-order valence-corrected chi connectivity index (χ4v) is 1.56. The van der Waals surface area contributed by atoms with Gasteiger partial charge in [-0.05, 0) is 32.4 Å². The second-order valence-corrected chi connectivity index (χ2v) is 4.02. The van der Waals surface area contributed by atoms with Crippen LogP contribution in [0.2, 0.25) is 0 Å². The fourth-order valence-electron chi connectivity index (χ4n) is 1.56. The van der Waals surface area contributed by atoms with Gasteiger partial charge < -0.3 is 10.1 Å². The van der Waals surface area contributed by atoms with Gasteiger partial charge in [0.05, 0.1) is 17.1 Å². The Morgan fingerprint density at radius 3 is 2.78 bits per heavy atom. The van der Waals surface area contributed by atoms with Gasteiger partial charge in [0.1, 0.15) is 11.5 Å². The first kappa shape index (κ1) is 14.4. The van der Waals surface area contributed by atoms with Gasteiger partial charge in [0.2, 0.25) is 0 Å². The number of rotatable bonds is 6. The maximum atomic E-state index is 13.3. The number of aryl methyl sites for hydroxylation is 1. The van der Waals surface area contributed by atoms with Crippen LogP contribution in [0, 0.1) is 22.9 Å². The number of nitro groups is 1. The first-order valence-electron chi connectivity index (χ1n) is 5.75. The molecule has 1 unspecified atom stereocenters. The van der Waals surface area contributed by atoms with Gasteiger partial charge in [-0.1, -0.05) is 0 Å². The van der Waals surface area contributed by atoms with E-state index in [0.717, 1.165) is 6.07 Å².